The molecule has 0 saturated carbocycles. The molecule has 1 aromatic rings. The van der Waals surface area contributed by atoms with Crippen LogP contribution in [0.25, 0.3) is 0 Å². The van der Waals surface area contributed by atoms with Crippen molar-refractivity contribution < 1.29 is 9.59 Å². The number of nitrogen functional groups attached to an aromatic ring is 1. The van der Waals surface area contributed by atoms with Crippen molar-refractivity contribution in [3.63, 3.8) is 0 Å². The van der Waals surface area contributed by atoms with E-state index in [0.717, 1.165) is 0 Å². The zero-order valence-corrected chi connectivity index (χ0v) is 14.1. The fraction of sp³-hybridized carbons (Fsp3) is 0.429. The number of nitrogens with two attached hydrogens (primary N) is 1. The predicted molar refractivity (Wildman–Crippen MR) is 87.3 cm³/mol. The molecule has 1 amide bonds. The van der Waals surface area contributed by atoms with Crippen LogP contribution in [0.1, 0.15) is 36.2 Å². The van der Waals surface area contributed by atoms with E-state index in [1.807, 2.05) is 0 Å². The highest BCUT2D eigenvalue weighted by Gasteiger charge is 2.32. The van der Waals surface area contributed by atoms with Crippen LogP contribution >= 0.6 is 34.8 Å². The number of rotatable bonds is 6. The average Bonchev–Trinajstić information content (AvgIpc) is 2.48. The molecule has 1 rings (SSSR count). The highest BCUT2D eigenvalue weighted by atomic mass is 35.5. The molecule has 116 valence electrons. The summed E-state index contributed by atoms with van der Waals surface area (Å²) in [4.78, 5) is 24.2. The number of halogens is 3. The highest BCUT2D eigenvalue weighted by Crippen LogP contribution is 2.26. The molecule has 0 aromatic heterocycles. The minimum Gasteiger partial charge on any atom is -0.397 e. The SMILES string of the molecule is CCC(C)(NC(=O)c1cc(Cl)c(N)c(CCl)c1)C(=O)CCl. The minimum absolute atomic E-state index is 0.137. The van der Waals surface area contributed by atoms with E-state index < -0.39 is 11.4 Å². The lowest BCUT2D eigenvalue weighted by Gasteiger charge is -2.27. The molecular weight excluding hydrogens is 335 g/mol. The van der Waals surface area contributed by atoms with Gasteiger partial charge in [-0.25, -0.2) is 0 Å². The molecule has 21 heavy (non-hydrogen) atoms. The monoisotopic (exact) mass is 350 g/mol. The zero-order valence-electron chi connectivity index (χ0n) is 11.8. The summed E-state index contributed by atoms with van der Waals surface area (Å²) in [5.74, 6) is -0.705. The van der Waals surface area contributed by atoms with Crippen LogP contribution in [-0.2, 0) is 10.7 Å². The van der Waals surface area contributed by atoms with Crippen molar-refractivity contribution in [1.29, 1.82) is 0 Å². The van der Waals surface area contributed by atoms with Gasteiger partial charge in [0.2, 0.25) is 0 Å². The van der Waals surface area contributed by atoms with Gasteiger partial charge in [0.25, 0.3) is 5.91 Å². The Balaban J connectivity index is 3.09. The standard InChI is InChI=1S/C14H17Cl3N2O2/c1-3-14(2,11(20)7-16)19-13(21)8-4-9(6-15)12(18)10(17)5-8/h4-5H,3,6-7,18H2,1-2H3,(H,19,21). The first-order valence-corrected chi connectivity index (χ1v) is 7.79. The van der Waals surface area contributed by atoms with E-state index in [2.05, 4.69) is 5.32 Å². The summed E-state index contributed by atoms with van der Waals surface area (Å²) in [7, 11) is 0. The number of carbonyl (C=O) groups excluding carboxylic acids is 2. The first kappa shape index (κ1) is 18.1. The number of hydrogen-bond donors (Lipinski definition) is 2. The molecule has 3 N–H and O–H groups in total. The van der Waals surface area contributed by atoms with E-state index in [9.17, 15) is 9.59 Å². The molecule has 7 heteroatoms. The molecule has 4 nitrogen and oxygen atoms in total. The van der Waals surface area contributed by atoms with Crippen molar-refractivity contribution >= 4 is 52.2 Å². The van der Waals surface area contributed by atoms with E-state index in [4.69, 9.17) is 40.5 Å². The van der Waals surface area contributed by atoms with Crippen LogP contribution in [0.5, 0.6) is 0 Å². The summed E-state index contributed by atoms with van der Waals surface area (Å²) < 4.78 is 0. The van der Waals surface area contributed by atoms with E-state index >= 15 is 0 Å². The summed E-state index contributed by atoms with van der Waals surface area (Å²) in [6, 6.07) is 3.01. The maximum absolute atomic E-state index is 12.3. The van der Waals surface area contributed by atoms with Gasteiger partial charge in [-0.05, 0) is 31.0 Å². The van der Waals surface area contributed by atoms with Crippen LogP contribution in [0, 0.1) is 0 Å². The van der Waals surface area contributed by atoms with Gasteiger partial charge in [0, 0.05) is 11.4 Å². The van der Waals surface area contributed by atoms with E-state index in [1.54, 1.807) is 19.9 Å². The summed E-state index contributed by atoms with van der Waals surface area (Å²) in [5.41, 5.74) is 5.96. The second-order valence-corrected chi connectivity index (χ2v) is 5.80. The second kappa shape index (κ2) is 7.34. The third kappa shape index (κ3) is 4.02. The van der Waals surface area contributed by atoms with Crippen molar-refractivity contribution in [2.45, 2.75) is 31.7 Å². The molecule has 1 atom stereocenters. The Labute approximate surface area is 138 Å². The summed E-state index contributed by atoms with van der Waals surface area (Å²) in [6.45, 7) is 3.43. The van der Waals surface area contributed by atoms with Gasteiger partial charge >= 0.3 is 0 Å². The third-order valence-electron chi connectivity index (χ3n) is 3.45. The third-order valence-corrected chi connectivity index (χ3v) is 4.30. The highest BCUT2D eigenvalue weighted by molar-refractivity contribution is 6.34. The summed E-state index contributed by atoms with van der Waals surface area (Å²) >= 11 is 17.3. The van der Waals surface area contributed by atoms with Gasteiger partial charge in [-0.2, -0.15) is 0 Å². The number of ketones is 1. The largest absolute Gasteiger partial charge is 0.397 e. The Kier molecular flexibility index (Phi) is 6.32. The van der Waals surface area contributed by atoms with Crippen molar-refractivity contribution in [3.05, 3.63) is 28.3 Å². The second-order valence-electron chi connectivity index (χ2n) is 4.86. The quantitative estimate of drug-likeness (QED) is 0.609. The number of anilines is 1. The Morgan fingerprint density at radius 3 is 2.43 bits per heavy atom. The number of Topliss-reactive ketones (excluding diaryl/α,β-unsaturated/α-hetero) is 1. The Morgan fingerprint density at radius 1 is 1.33 bits per heavy atom. The lowest BCUT2D eigenvalue weighted by atomic mass is 9.93. The van der Waals surface area contributed by atoms with Crippen LogP contribution in [-0.4, -0.2) is 23.1 Å². The molecule has 0 spiro atoms. The predicted octanol–water partition coefficient (Wildman–Crippen LogP) is 3.37. The number of alkyl halides is 2. The van der Waals surface area contributed by atoms with Gasteiger partial charge in [0.1, 0.15) is 0 Å². The normalized spacial score (nSPS) is 13.6. The molecule has 0 radical (unpaired) electrons. The van der Waals surface area contributed by atoms with Crippen LogP contribution in [0.2, 0.25) is 5.02 Å². The maximum Gasteiger partial charge on any atom is 0.252 e. The molecule has 1 unspecified atom stereocenters. The van der Waals surface area contributed by atoms with Crippen molar-refractivity contribution in [2.24, 2.45) is 0 Å². The van der Waals surface area contributed by atoms with E-state index in [0.29, 0.717) is 23.2 Å². The molecule has 0 aliphatic carbocycles. The lowest BCUT2D eigenvalue weighted by Crippen LogP contribution is -2.52. The van der Waals surface area contributed by atoms with Crippen molar-refractivity contribution in [3.8, 4) is 0 Å². The summed E-state index contributed by atoms with van der Waals surface area (Å²) in [5, 5.41) is 2.94. The Morgan fingerprint density at radius 2 is 1.95 bits per heavy atom. The van der Waals surface area contributed by atoms with Crippen LogP contribution < -0.4 is 11.1 Å². The van der Waals surface area contributed by atoms with Gasteiger partial charge < -0.3 is 11.1 Å². The van der Waals surface area contributed by atoms with Crippen LogP contribution in [0.15, 0.2) is 12.1 Å². The zero-order chi connectivity index (χ0) is 16.2. The Bertz CT molecular complexity index is 563. The minimum atomic E-state index is -1.02. The van der Waals surface area contributed by atoms with Gasteiger partial charge in [0.05, 0.1) is 22.1 Å². The molecule has 0 bridgehead atoms. The Hall–Kier alpha value is -0.970. The molecule has 0 aliphatic heterocycles. The van der Waals surface area contributed by atoms with Gasteiger partial charge in [-0.3, -0.25) is 9.59 Å². The number of benzene rings is 1. The number of carbonyl (C=O) groups is 2. The maximum atomic E-state index is 12.3. The average molecular weight is 352 g/mol. The van der Waals surface area contributed by atoms with Crippen molar-refractivity contribution in [1.82, 2.24) is 5.32 Å². The summed E-state index contributed by atoms with van der Waals surface area (Å²) in [6.07, 6.45) is 0.426. The van der Waals surface area contributed by atoms with Crippen LogP contribution in [0.4, 0.5) is 5.69 Å². The first-order chi connectivity index (χ1) is 9.78. The molecule has 0 heterocycles. The number of hydrogen-bond acceptors (Lipinski definition) is 3. The first-order valence-electron chi connectivity index (χ1n) is 6.34. The smallest absolute Gasteiger partial charge is 0.252 e. The molecule has 1 aromatic carbocycles. The molecule has 0 aliphatic rings. The number of nitrogens with one attached hydrogen (secondary N) is 1. The van der Waals surface area contributed by atoms with Gasteiger partial charge in [-0.1, -0.05) is 18.5 Å². The van der Waals surface area contributed by atoms with Crippen molar-refractivity contribution in [2.75, 3.05) is 11.6 Å². The van der Waals surface area contributed by atoms with Crippen LogP contribution in [0.3, 0.4) is 0 Å². The van der Waals surface area contributed by atoms with E-state index in [-0.39, 0.29) is 22.6 Å². The van der Waals surface area contributed by atoms with Gasteiger partial charge in [0.15, 0.2) is 5.78 Å². The molecule has 0 saturated heterocycles. The van der Waals surface area contributed by atoms with E-state index in [1.165, 1.54) is 6.07 Å². The fourth-order valence-corrected chi connectivity index (χ4v) is 2.50. The number of amides is 1. The topological polar surface area (TPSA) is 72.2 Å². The lowest BCUT2D eigenvalue weighted by molar-refractivity contribution is -0.122. The fourth-order valence-electron chi connectivity index (χ4n) is 1.74. The molecular formula is C14H17Cl3N2O2. The molecule has 0 fully saturated rings. The van der Waals surface area contributed by atoms with Gasteiger partial charge in [-0.15, -0.1) is 23.2 Å².